The van der Waals surface area contributed by atoms with Gasteiger partial charge in [0.25, 0.3) is 0 Å². The summed E-state index contributed by atoms with van der Waals surface area (Å²) in [5, 5.41) is 14.2. The number of amides is 1. The Balaban J connectivity index is 1.80. The van der Waals surface area contributed by atoms with Gasteiger partial charge >= 0.3 is 0 Å². The van der Waals surface area contributed by atoms with Gasteiger partial charge in [-0.2, -0.15) is 10.2 Å². The van der Waals surface area contributed by atoms with Crippen molar-refractivity contribution in [2.45, 2.75) is 39.8 Å². The second-order valence-corrected chi connectivity index (χ2v) is 5.37. The standard InChI is InChI=1S/C15H23N5O2/c1-10-14(11(2)20(3)19-10)5-6-15(21)16-8-12-7-13(9-22-4)18-17-12/h7H,5-6,8-9H2,1-4H3,(H,16,21)(H,17,18). The predicted octanol–water partition coefficient (Wildman–Crippen LogP) is 1.16. The lowest BCUT2D eigenvalue weighted by molar-refractivity contribution is -0.121. The minimum Gasteiger partial charge on any atom is -0.378 e. The molecule has 0 bridgehead atoms. The van der Waals surface area contributed by atoms with Crippen LogP contribution in [0.4, 0.5) is 0 Å². The summed E-state index contributed by atoms with van der Waals surface area (Å²) in [5.41, 5.74) is 4.96. The van der Waals surface area contributed by atoms with Crippen molar-refractivity contribution in [1.82, 2.24) is 25.3 Å². The molecular formula is C15H23N5O2. The van der Waals surface area contributed by atoms with Crippen LogP contribution in [0.2, 0.25) is 0 Å². The number of carbonyl (C=O) groups excluding carboxylic acids is 1. The van der Waals surface area contributed by atoms with Gasteiger partial charge in [0.15, 0.2) is 0 Å². The van der Waals surface area contributed by atoms with Crippen molar-refractivity contribution >= 4 is 5.91 Å². The fourth-order valence-electron chi connectivity index (χ4n) is 2.42. The average Bonchev–Trinajstić information content (AvgIpc) is 3.01. The molecule has 7 heteroatoms. The summed E-state index contributed by atoms with van der Waals surface area (Å²) in [7, 11) is 3.54. The number of methoxy groups -OCH3 is 1. The van der Waals surface area contributed by atoms with Crippen molar-refractivity contribution in [3.8, 4) is 0 Å². The Morgan fingerprint density at radius 3 is 2.86 bits per heavy atom. The molecule has 0 atom stereocenters. The van der Waals surface area contributed by atoms with E-state index in [1.165, 1.54) is 0 Å². The van der Waals surface area contributed by atoms with E-state index in [4.69, 9.17) is 4.74 Å². The first-order chi connectivity index (χ1) is 10.5. The van der Waals surface area contributed by atoms with E-state index in [0.29, 0.717) is 26.0 Å². The van der Waals surface area contributed by atoms with E-state index in [-0.39, 0.29) is 5.91 Å². The molecule has 0 aliphatic carbocycles. The largest absolute Gasteiger partial charge is 0.378 e. The molecule has 0 fully saturated rings. The van der Waals surface area contributed by atoms with E-state index in [1.807, 2.05) is 31.6 Å². The van der Waals surface area contributed by atoms with Gasteiger partial charge in [0.2, 0.25) is 5.91 Å². The molecule has 0 radical (unpaired) electrons. The van der Waals surface area contributed by atoms with Crippen LogP contribution < -0.4 is 5.32 Å². The van der Waals surface area contributed by atoms with E-state index in [0.717, 1.165) is 28.3 Å². The van der Waals surface area contributed by atoms with Crippen molar-refractivity contribution in [2.24, 2.45) is 7.05 Å². The summed E-state index contributed by atoms with van der Waals surface area (Å²) in [6.45, 7) is 4.90. The number of aromatic nitrogens is 4. The summed E-state index contributed by atoms with van der Waals surface area (Å²) in [6, 6.07) is 1.89. The number of nitrogens with zero attached hydrogens (tertiary/aromatic N) is 3. The monoisotopic (exact) mass is 305 g/mol. The minimum absolute atomic E-state index is 0.0190. The van der Waals surface area contributed by atoms with E-state index in [2.05, 4.69) is 20.6 Å². The number of ether oxygens (including phenoxy) is 1. The third-order valence-electron chi connectivity index (χ3n) is 3.71. The van der Waals surface area contributed by atoms with Gasteiger partial charge in [0.1, 0.15) is 0 Å². The number of aryl methyl sites for hydroxylation is 2. The maximum absolute atomic E-state index is 12.0. The zero-order valence-electron chi connectivity index (χ0n) is 13.6. The predicted molar refractivity (Wildman–Crippen MR) is 82.2 cm³/mol. The average molecular weight is 305 g/mol. The lowest BCUT2D eigenvalue weighted by Gasteiger charge is -2.04. The highest BCUT2D eigenvalue weighted by atomic mass is 16.5. The molecule has 22 heavy (non-hydrogen) atoms. The summed E-state index contributed by atoms with van der Waals surface area (Å²) in [6.07, 6.45) is 1.15. The lowest BCUT2D eigenvalue weighted by Crippen LogP contribution is -2.23. The zero-order chi connectivity index (χ0) is 16.1. The molecule has 0 saturated carbocycles. The maximum Gasteiger partial charge on any atom is 0.220 e. The number of H-pyrrole nitrogens is 1. The second kappa shape index (κ2) is 7.22. The number of nitrogens with one attached hydrogen (secondary N) is 2. The molecule has 0 aliphatic heterocycles. The van der Waals surface area contributed by atoms with Crippen LogP contribution in [0, 0.1) is 13.8 Å². The fraction of sp³-hybridized carbons (Fsp3) is 0.533. The Hall–Kier alpha value is -2.15. The highest BCUT2D eigenvalue weighted by Crippen LogP contribution is 2.13. The Labute approximate surface area is 130 Å². The molecule has 7 nitrogen and oxygen atoms in total. The smallest absolute Gasteiger partial charge is 0.220 e. The van der Waals surface area contributed by atoms with E-state index in [9.17, 15) is 4.79 Å². The second-order valence-electron chi connectivity index (χ2n) is 5.37. The number of hydrogen-bond donors (Lipinski definition) is 2. The van der Waals surface area contributed by atoms with E-state index >= 15 is 0 Å². The van der Waals surface area contributed by atoms with Gasteiger partial charge in [0.05, 0.1) is 30.2 Å². The quantitative estimate of drug-likeness (QED) is 0.804. The topological polar surface area (TPSA) is 84.8 Å². The molecule has 1 amide bonds. The molecule has 2 rings (SSSR count). The van der Waals surface area contributed by atoms with E-state index < -0.39 is 0 Å². The van der Waals surface area contributed by atoms with Crippen LogP contribution in [0.5, 0.6) is 0 Å². The first-order valence-corrected chi connectivity index (χ1v) is 7.29. The highest BCUT2D eigenvalue weighted by Gasteiger charge is 2.11. The summed E-state index contributed by atoms with van der Waals surface area (Å²) in [5.74, 6) is 0.0190. The molecule has 2 aromatic heterocycles. The summed E-state index contributed by atoms with van der Waals surface area (Å²) >= 11 is 0. The van der Waals surface area contributed by atoms with Gasteiger partial charge in [-0.15, -0.1) is 0 Å². The summed E-state index contributed by atoms with van der Waals surface area (Å²) in [4.78, 5) is 12.0. The molecule has 0 unspecified atom stereocenters. The number of rotatable bonds is 7. The molecule has 2 N–H and O–H groups in total. The van der Waals surface area contributed by atoms with Crippen LogP contribution in [-0.4, -0.2) is 33.0 Å². The molecule has 2 heterocycles. The number of aromatic amines is 1. The van der Waals surface area contributed by atoms with Crippen LogP contribution >= 0.6 is 0 Å². The van der Waals surface area contributed by atoms with Crippen LogP contribution in [-0.2, 0) is 36.2 Å². The molecule has 2 aromatic rings. The van der Waals surface area contributed by atoms with Crippen molar-refractivity contribution < 1.29 is 9.53 Å². The summed E-state index contributed by atoms with van der Waals surface area (Å²) < 4.78 is 6.85. The SMILES string of the molecule is COCc1cc(CNC(=O)CCc2c(C)nn(C)c2C)[nH]n1. The highest BCUT2D eigenvalue weighted by molar-refractivity contribution is 5.76. The molecular weight excluding hydrogens is 282 g/mol. The zero-order valence-corrected chi connectivity index (χ0v) is 13.6. The van der Waals surface area contributed by atoms with Crippen molar-refractivity contribution in [2.75, 3.05) is 7.11 Å². The van der Waals surface area contributed by atoms with Crippen molar-refractivity contribution in [3.63, 3.8) is 0 Å². The fourth-order valence-corrected chi connectivity index (χ4v) is 2.42. The third-order valence-corrected chi connectivity index (χ3v) is 3.71. The Kier molecular flexibility index (Phi) is 5.32. The number of hydrogen-bond acceptors (Lipinski definition) is 4. The lowest BCUT2D eigenvalue weighted by atomic mass is 10.1. The van der Waals surface area contributed by atoms with Crippen LogP contribution in [0.25, 0.3) is 0 Å². The Morgan fingerprint density at radius 2 is 2.23 bits per heavy atom. The molecule has 0 spiro atoms. The van der Waals surface area contributed by atoms with Crippen LogP contribution in [0.3, 0.4) is 0 Å². The van der Waals surface area contributed by atoms with Gasteiger partial charge < -0.3 is 10.1 Å². The molecule has 0 aromatic carbocycles. The molecule has 0 aliphatic rings. The van der Waals surface area contributed by atoms with Gasteiger partial charge in [-0.05, 0) is 31.9 Å². The maximum atomic E-state index is 12.0. The third kappa shape index (κ3) is 3.94. The number of carbonyl (C=O) groups is 1. The van der Waals surface area contributed by atoms with Crippen LogP contribution in [0.1, 0.15) is 34.8 Å². The van der Waals surface area contributed by atoms with Gasteiger partial charge in [-0.25, -0.2) is 0 Å². The molecule has 0 saturated heterocycles. The molecule has 120 valence electrons. The van der Waals surface area contributed by atoms with Crippen molar-refractivity contribution in [3.05, 3.63) is 34.4 Å². The van der Waals surface area contributed by atoms with Gasteiger partial charge in [-0.3, -0.25) is 14.6 Å². The van der Waals surface area contributed by atoms with Gasteiger partial charge in [-0.1, -0.05) is 0 Å². The van der Waals surface area contributed by atoms with E-state index in [1.54, 1.807) is 7.11 Å². The Bertz CT molecular complexity index is 644. The van der Waals surface area contributed by atoms with Crippen LogP contribution in [0.15, 0.2) is 6.07 Å². The van der Waals surface area contributed by atoms with Gasteiger partial charge in [0, 0.05) is 26.3 Å². The minimum atomic E-state index is 0.0190. The van der Waals surface area contributed by atoms with Crippen molar-refractivity contribution in [1.29, 1.82) is 0 Å². The Morgan fingerprint density at radius 1 is 1.45 bits per heavy atom. The normalized spacial score (nSPS) is 10.9. The first-order valence-electron chi connectivity index (χ1n) is 7.29. The first kappa shape index (κ1) is 16.2.